The first kappa shape index (κ1) is 14.9. The Hall–Kier alpha value is -2.07. The number of methoxy groups -OCH3 is 1. The molecule has 0 aliphatic carbocycles. The van der Waals surface area contributed by atoms with Gasteiger partial charge in [0.1, 0.15) is 5.75 Å². The zero-order chi connectivity index (χ0) is 15.4. The molecular formula is C18H22N2O2. The van der Waals surface area contributed by atoms with Crippen LogP contribution in [0.25, 0.3) is 10.8 Å². The molecule has 0 aromatic heterocycles. The zero-order valence-electron chi connectivity index (χ0n) is 12.9. The third-order valence-electron chi connectivity index (χ3n) is 4.27. The van der Waals surface area contributed by atoms with Crippen molar-refractivity contribution in [3.05, 3.63) is 42.0 Å². The molecule has 1 atom stereocenters. The van der Waals surface area contributed by atoms with Crippen LogP contribution >= 0.6 is 0 Å². The summed E-state index contributed by atoms with van der Waals surface area (Å²) in [5, 5.41) is 8.67. The summed E-state index contributed by atoms with van der Waals surface area (Å²) in [5.74, 6) is 0.910. The van der Waals surface area contributed by atoms with Gasteiger partial charge in [0.05, 0.1) is 7.11 Å². The van der Waals surface area contributed by atoms with Gasteiger partial charge in [-0.1, -0.05) is 30.3 Å². The minimum Gasteiger partial charge on any atom is -0.496 e. The van der Waals surface area contributed by atoms with Crippen molar-refractivity contribution in [1.29, 1.82) is 0 Å². The number of amides is 1. The lowest BCUT2D eigenvalue weighted by atomic mass is 10.0. The van der Waals surface area contributed by atoms with Gasteiger partial charge in [0.2, 0.25) is 5.91 Å². The number of hydrogen-bond donors (Lipinski definition) is 2. The van der Waals surface area contributed by atoms with Crippen LogP contribution in [0.2, 0.25) is 0 Å². The minimum atomic E-state index is 0.0920. The van der Waals surface area contributed by atoms with Crippen molar-refractivity contribution in [1.82, 2.24) is 10.6 Å². The van der Waals surface area contributed by atoms with Gasteiger partial charge in [-0.25, -0.2) is 0 Å². The quantitative estimate of drug-likeness (QED) is 0.892. The molecule has 1 saturated heterocycles. The lowest BCUT2D eigenvalue weighted by Crippen LogP contribution is -2.31. The molecule has 2 aromatic carbocycles. The van der Waals surface area contributed by atoms with Crippen molar-refractivity contribution in [2.24, 2.45) is 0 Å². The molecule has 1 aliphatic rings. The van der Waals surface area contributed by atoms with Gasteiger partial charge in [0, 0.05) is 24.6 Å². The molecular weight excluding hydrogens is 276 g/mol. The molecule has 1 aliphatic heterocycles. The van der Waals surface area contributed by atoms with E-state index in [0.717, 1.165) is 41.5 Å². The molecule has 3 rings (SSSR count). The van der Waals surface area contributed by atoms with Crippen LogP contribution in [-0.4, -0.2) is 25.6 Å². The van der Waals surface area contributed by atoms with Gasteiger partial charge in [-0.3, -0.25) is 4.79 Å². The number of carbonyl (C=O) groups is 1. The minimum absolute atomic E-state index is 0.0920. The SMILES string of the molecule is COc1ccc2ccccc2c1CNC(=O)CC1CCCN1. The Morgan fingerprint density at radius 1 is 1.32 bits per heavy atom. The third-order valence-corrected chi connectivity index (χ3v) is 4.27. The van der Waals surface area contributed by atoms with Crippen LogP contribution in [0.3, 0.4) is 0 Å². The second-order valence-electron chi connectivity index (χ2n) is 5.74. The van der Waals surface area contributed by atoms with E-state index in [1.54, 1.807) is 7.11 Å². The standard InChI is InChI=1S/C18H22N2O2/c1-22-17-9-8-13-5-2-3-7-15(13)16(17)12-20-18(21)11-14-6-4-10-19-14/h2-3,5,7-9,14,19H,4,6,10-12H2,1H3,(H,20,21). The summed E-state index contributed by atoms with van der Waals surface area (Å²) in [7, 11) is 1.66. The number of rotatable bonds is 5. The van der Waals surface area contributed by atoms with Crippen LogP contribution in [0, 0.1) is 0 Å². The summed E-state index contributed by atoms with van der Waals surface area (Å²) < 4.78 is 5.46. The lowest BCUT2D eigenvalue weighted by molar-refractivity contribution is -0.121. The van der Waals surface area contributed by atoms with Crippen LogP contribution in [-0.2, 0) is 11.3 Å². The van der Waals surface area contributed by atoms with Crippen LogP contribution < -0.4 is 15.4 Å². The Bertz CT molecular complexity index is 663. The number of carbonyl (C=O) groups excluding carboxylic acids is 1. The highest BCUT2D eigenvalue weighted by molar-refractivity contribution is 5.88. The van der Waals surface area contributed by atoms with Crippen LogP contribution in [0.5, 0.6) is 5.75 Å². The highest BCUT2D eigenvalue weighted by Crippen LogP contribution is 2.27. The largest absolute Gasteiger partial charge is 0.496 e. The predicted octanol–water partition coefficient (Wildman–Crippen LogP) is 2.61. The summed E-state index contributed by atoms with van der Waals surface area (Å²) in [4.78, 5) is 12.1. The first-order chi connectivity index (χ1) is 10.8. The molecule has 116 valence electrons. The van der Waals surface area contributed by atoms with E-state index in [2.05, 4.69) is 22.8 Å². The van der Waals surface area contributed by atoms with E-state index < -0.39 is 0 Å². The van der Waals surface area contributed by atoms with Gasteiger partial charge in [0.25, 0.3) is 0 Å². The fourth-order valence-electron chi connectivity index (χ4n) is 3.10. The Kier molecular flexibility index (Phi) is 4.59. The molecule has 1 heterocycles. The number of nitrogens with one attached hydrogen (secondary N) is 2. The van der Waals surface area contributed by atoms with Crippen molar-refractivity contribution in [2.45, 2.75) is 31.8 Å². The van der Waals surface area contributed by atoms with Crippen molar-refractivity contribution in [3.8, 4) is 5.75 Å². The molecule has 2 aromatic rings. The Labute approximate surface area is 130 Å². The van der Waals surface area contributed by atoms with Crippen molar-refractivity contribution in [3.63, 3.8) is 0 Å². The maximum atomic E-state index is 12.1. The Morgan fingerprint density at radius 3 is 2.95 bits per heavy atom. The lowest BCUT2D eigenvalue weighted by Gasteiger charge is -2.14. The van der Waals surface area contributed by atoms with E-state index in [1.165, 1.54) is 0 Å². The molecule has 0 saturated carbocycles. The molecule has 0 spiro atoms. The van der Waals surface area contributed by atoms with Crippen LogP contribution in [0.15, 0.2) is 36.4 Å². The zero-order valence-corrected chi connectivity index (χ0v) is 12.9. The van der Waals surface area contributed by atoms with Crippen LogP contribution in [0.1, 0.15) is 24.8 Å². The predicted molar refractivity (Wildman–Crippen MR) is 88.0 cm³/mol. The van der Waals surface area contributed by atoms with E-state index in [1.807, 2.05) is 24.3 Å². The van der Waals surface area contributed by atoms with E-state index in [4.69, 9.17) is 4.74 Å². The summed E-state index contributed by atoms with van der Waals surface area (Å²) >= 11 is 0. The molecule has 22 heavy (non-hydrogen) atoms. The molecule has 0 radical (unpaired) electrons. The highest BCUT2D eigenvalue weighted by Gasteiger charge is 2.18. The fraction of sp³-hybridized carbons (Fsp3) is 0.389. The van der Waals surface area contributed by atoms with Crippen LogP contribution in [0.4, 0.5) is 0 Å². The van der Waals surface area contributed by atoms with E-state index in [0.29, 0.717) is 19.0 Å². The monoisotopic (exact) mass is 298 g/mol. The maximum Gasteiger partial charge on any atom is 0.221 e. The van der Waals surface area contributed by atoms with Crippen molar-refractivity contribution in [2.75, 3.05) is 13.7 Å². The topological polar surface area (TPSA) is 50.4 Å². The van der Waals surface area contributed by atoms with Gasteiger partial charge >= 0.3 is 0 Å². The number of fused-ring (bicyclic) bond motifs is 1. The fourth-order valence-corrected chi connectivity index (χ4v) is 3.10. The molecule has 4 heteroatoms. The Balaban J connectivity index is 1.73. The normalized spacial score (nSPS) is 17.6. The molecule has 0 bridgehead atoms. The van der Waals surface area contributed by atoms with Gasteiger partial charge in [-0.05, 0) is 36.2 Å². The maximum absolute atomic E-state index is 12.1. The summed E-state index contributed by atoms with van der Waals surface area (Å²) in [5.41, 5.74) is 1.04. The molecule has 2 N–H and O–H groups in total. The second kappa shape index (κ2) is 6.79. The summed E-state index contributed by atoms with van der Waals surface area (Å²) in [6, 6.07) is 12.5. The average molecular weight is 298 g/mol. The van der Waals surface area contributed by atoms with Gasteiger partial charge < -0.3 is 15.4 Å². The first-order valence-electron chi connectivity index (χ1n) is 7.82. The molecule has 1 unspecified atom stereocenters. The average Bonchev–Trinajstić information content (AvgIpc) is 3.05. The number of ether oxygens (including phenoxy) is 1. The van der Waals surface area contributed by atoms with E-state index in [-0.39, 0.29) is 5.91 Å². The highest BCUT2D eigenvalue weighted by atomic mass is 16.5. The first-order valence-corrected chi connectivity index (χ1v) is 7.82. The second-order valence-corrected chi connectivity index (χ2v) is 5.74. The molecule has 4 nitrogen and oxygen atoms in total. The summed E-state index contributed by atoms with van der Waals surface area (Å²) in [6.45, 7) is 1.52. The Morgan fingerprint density at radius 2 is 2.18 bits per heavy atom. The van der Waals surface area contributed by atoms with Crippen molar-refractivity contribution >= 4 is 16.7 Å². The van der Waals surface area contributed by atoms with E-state index >= 15 is 0 Å². The number of benzene rings is 2. The smallest absolute Gasteiger partial charge is 0.221 e. The van der Waals surface area contributed by atoms with Gasteiger partial charge in [-0.2, -0.15) is 0 Å². The van der Waals surface area contributed by atoms with E-state index in [9.17, 15) is 4.79 Å². The van der Waals surface area contributed by atoms with Crippen molar-refractivity contribution < 1.29 is 9.53 Å². The van der Waals surface area contributed by atoms with Gasteiger partial charge in [-0.15, -0.1) is 0 Å². The number of hydrogen-bond acceptors (Lipinski definition) is 3. The molecule has 1 amide bonds. The summed E-state index contributed by atoms with van der Waals surface area (Å²) in [6.07, 6.45) is 2.80. The molecule has 1 fully saturated rings. The van der Waals surface area contributed by atoms with Gasteiger partial charge in [0.15, 0.2) is 0 Å². The third kappa shape index (κ3) is 3.22.